The summed E-state index contributed by atoms with van der Waals surface area (Å²) in [4.78, 5) is 26.2. The maximum atomic E-state index is 12.3. The molecule has 0 radical (unpaired) electrons. The van der Waals surface area contributed by atoms with Gasteiger partial charge in [0.05, 0.1) is 10.6 Å². The van der Waals surface area contributed by atoms with Crippen molar-refractivity contribution in [2.75, 3.05) is 5.32 Å². The van der Waals surface area contributed by atoms with Crippen molar-refractivity contribution >= 4 is 35.3 Å². The highest BCUT2D eigenvalue weighted by Gasteiger charge is 2.20. The molecule has 0 unspecified atom stereocenters. The fraction of sp³-hybridized carbons (Fsp3) is 0.0435. The van der Waals surface area contributed by atoms with Crippen molar-refractivity contribution in [3.63, 3.8) is 0 Å². The van der Waals surface area contributed by atoms with E-state index in [9.17, 15) is 9.59 Å². The molecule has 1 aliphatic rings. The summed E-state index contributed by atoms with van der Waals surface area (Å²) in [6, 6.07) is 24.7. The summed E-state index contributed by atoms with van der Waals surface area (Å²) in [6.07, 6.45) is 1.83. The van der Waals surface area contributed by atoms with Crippen molar-refractivity contribution in [2.45, 2.75) is 11.4 Å². The summed E-state index contributed by atoms with van der Waals surface area (Å²) in [5.74, 6) is -0.241. The molecule has 4 rings (SSSR count). The first-order chi connectivity index (χ1) is 13.7. The van der Waals surface area contributed by atoms with E-state index >= 15 is 0 Å². The Morgan fingerprint density at radius 3 is 2.43 bits per heavy atom. The summed E-state index contributed by atoms with van der Waals surface area (Å²) in [5, 5.41) is 5.81. The van der Waals surface area contributed by atoms with E-state index < -0.39 is 0 Å². The minimum absolute atomic E-state index is 0.117. The summed E-state index contributed by atoms with van der Waals surface area (Å²) >= 11 is 1.45. The lowest BCUT2D eigenvalue weighted by molar-refractivity contribution is -0.112. The van der Waals surface area contributed by atoms with Gasteiger partial charge in [-0.1, -0.05) is 66.4 Å². The van der Waals surface area contributed by atoms with E-state index in [0.29, 0.717) is 17.0 Å². The zero-order valence-corrected chi connectivity index (χ0v) is 15.8. The van der Waals surface area contributed by atoms with Gasteiger partial charge in [0.15, 0.2) is 0 Å². The van der Waals surface area contributed by atoms with Crippen molar-refractivity contribution in [1.82, 2.24) is 5.32 Å². The molecule has 0 saturated heterocycles. The van der Waals surface area contributed by atoms with E-state index in [1.807, 2.05) is 72.8 Å². The molecule has 5 heteroatoms. The Labute approximate surface area is 167 Å². The fourth-order valence-corrected chi connectivity index (χ4v) is 3.82. The molecule has 0 atom stereocenters. The largest absolute Gasteiger partial charge is 0.348 e. The van der Waals surface area contributed by atoms with E-state index in [-0.39, 0.29) is 11.8 Å². The van der Waals surface area contributed by atoms with Crippen LogP contribution >= 0.6 is 11.8 Å². The predicted octanol–water partition coefficient (Wildman–Crippen LogP) is 4.70. The SMILES string of the molecule is O=C1Nc2ccccc2S/C1=C/c1ccc(C(=O)NCc2ccccc2)cc1. The molecule has 0 fully saturated rings. The smallest absolute Gasteiger partial charge is 0.262 e. The Hall–Kier alpha value is -3.31. The van der Waals surface area contributed by atoms with Crippen LogP contribution in [0.5, 0.6) is 0 Å². The van der Waals surface area contributed by atoms with Crippen LogP contribution in [-0.4, -0.2) is 11.8 Å². The van der Waals surface area contributed by atoms with E-state index in [0.717, 1.165) is 21.7 Å². The normalized spacial score (nSPS) is 14.3. The van der Waals surface area contributed by atoms with Crippen LogP contribution in [0.3, 0.4) is 0 Å². The van der Waals surface area contributed by atoms with Crippen LogP contribution < -0.4 is 10.6 Å². The highest BCUT2D eigenvalue weighted by atomic mass is 32.2. The van der Waals surface area contributed by atoms with Crippen LogP contribution in [0.4, 0.5) is 5.69 Å². The van der Waals surface area contributed by atoms with Crippen LogP contribution in [0.25, 0.3) is 6.08 Å². The van der Waals surface area contributed by atoms with Gasteiger partial charge in [0, 0.05) is 17.0 Å². The Balaban J connectivity index is 1.44. The van der Waals surface area contributed by atoms with Gasteiger partial charge < -0.3 is 10.6 Å². The zero-order valence-electron chi connectivity index (χ0n) is 15.0. The van der Waals surface area contributed by atoms with Gasteiger partial charge in [-0.2, -0.15) is 0 Å². The Kier molecular flexibility index (Phi) is 5.26. The number of amides is 2. The van der Waals surface area contributed by atoms with Crippen LogP contribution in [0.1, 0.15) is 21.5 Å². The number of carbonyl (C=O) groups excluding carboxylic acids is 2. The number of thioether (sulfide) groups is 1. The Bertz CT molecular complexity index is 1040. The molecule has 0 bridgehead atoms. The summed E-state index contributed by atoms with van der Waals surface area (Å²) in [5.41, 5.74) is 3.35. The third-order valence-corrected chi connectivity index (χ3v) is 5.44. The predicted molar refractivity (Wildman–Crippen MR) is 113 cm³/mol. The molecule has 138 valence electrons. The van der Waals surface area contributed by atoms with E-state index in [2.05, 4.69) is 10.6 Å². The molecular weight excluding hydrogens is 368 g/mol. The highest BCUT2D eigenvalue weighted by molar-refractivity contribution is 8.04. The molecule has 3 aromatic rings. The minimum atomic E-state index is -0.123. The molecule has 0 spiro atoms. The summed E-state index contributed by atoms with van der Waals surface area (Å²) < 4.78 is 0. The lowest BCUT2D eigenvalue weighted by Crippen LogP contribution is -2.22. The molecule has 1 heterocycles. The monoisotopic (exact) mass is 386 g/mol. The van der Waals surface area contributed by atoms with Gasteiger partial charge in [0.2, 0.25) is 0 Å². The second-order valence-corrected chi connectivity index (χ2v) is 7.43. The Morgan fingerprint density at radius 2 is 1.64 bits per heavy atom. The van der Waals surface area contributed by atoms with Gasteiger partial charge >= 0.3 is 0 Å². The molecule has 2 amide bonds. The maximum Gasteiger partial charge on any atom is 0.262 e. The minimum Gasteiger partial charge on any atom is -0.348 e. The second-order valence-electron chi connectivity index (χ2n) is 6.35. The molecule has 4 nitrogen and oxygen atoms in total. The van der Waals surface area contributed by atoms with Crippen molar-refractivity contribution in [3.8, 4) is 0 Å². The first-order valence-corrected chi connectivity index (χ1v) is 9.73. The molecule has 1 aliphatic heterocycles. The first-order valence-electron chi connectivity index (χ1n) is 8.91. The number of anilines is 1. The van der Waals surface area contributed by atoms with E-state index in [1.165, 1.54) is 11.8 Å². The average molecular weight is 386 g/mol. The van der Waals surface area contributed by atoms with Gasteiger partial charge in [-0.05, 0) is 41.5 Å². The van der Waals surface area contributed by atoms with Crippen molar-refractivity contribution in [2.24, 2.45) is 0 Å². The summed E-state index contributed by atoms with van der Waals surface area (Å²) in [6.45, 7) is 0.488. The highest BCUT2D eigenvalue weighted by Crippen LogP contribution is 2.38. The molecule has 2 N–H and O–H groups in total. The van der Waals surface area contributed by atoms with Crippen LogP contribution in [0.2, 0.25) is 0 Å². The number of para-hydroxylation sites is 1. The first kappa shape index (κ1) is 18.1. The Morgan fingerprint density at radius 1 is 0.929 bits per heavy atom. The van der Waals surface area contributed by atoms with Gasteiger partial charge in [-0.3, -0.25) is 9.59 Å². The lowest BCUT2D eigenvalue weighted by atomic mass is 10.1. The van der Waals surface area contributed by atoms with Crippen LogP contribution in [-0.2, 0) is 11.3 Å². The van der Waals surface area contributed by atoms with Crippen molar-refractivity contribution in [1.29, 1.82) is 0 Å². The lowest BCUT2D eigenvalue weighted by Gasteiger charge is -2.18. The van der Waals surface area contributed by atoms with E-state index in [4.69, 9.17) is 0 Å². The molecule has 0 aliphatic carbocycles. The number of fused-ring (bicyclic) bond motifs is 1. The van der Waals surface area contributed by atoms with Gasteiger partial charge in [0.1, 0.15) is 0 Å². The average Bonchev–Trinajstić information content (AvgIpc) is 2.74. The van der Waals surface area contributed by atoms with E-state index in [1.54, 1.807) is 12.1 Å². The standard InChI is InChI=1S/C23H18N2O2S/c26-22(24-15-17-6-2-1-3-7-17)18-12-10-16(11-13-18)14-21-23(27)25-19-8-4-5-9-20(19)28-21/h1-14H,15H2,(H,24,26)(H,25,27)/b21-14+. The van der Waals surface area contributed by atoms with Crippen LogP contribution in [0, 0.1) is 0 Å². The molecular formula is C23H18N2O2S. The number of hydrogen-bond donors (Lipinski definition) is 2. The zero-order chi connectivity index (χ0) is 19.3. The van der Waals surface area contributed by atoms with Gasteiger partial charge in [-0.25, -0.2) is 0 Å². The topological polar surface area (TPSA) is 58.2 Å². The number of benzene rings is 3. The van der Waals surface area contributed by atoms with Crippen LogP contribution in [0.15, 0.2) is 88.7 Å². The van der Waals surface area contributed by atoms with Gasteiger partial charge in [-0.15, -0.1) is 0 Å². The van der Waals surface area contributed by atoms with Crippen molar-refractivity contribution < 1.29 is 9.59 Å². The van der Waals surface area contributed by atoms with Crippen molar-refractivity contribution in [3.05, 3.63) is 100 Å². The van der Waals surface area contributed by atoms with Gasteiger partial charge in [0.25, 0.3) is 11.8 Å². The fourth-order valence-electron chi connectivity index (χ4n) is 2.87. The quantitative estimate of drug-likeness (QED) is 0.639. The molecule has 0 aromatic heterocycles. The second kappa shape index (κ2) is 8.15. The molecule has 0 saturated carbocycles. The maximum absolute atomic E-state index is 12.3. The summed E-state index contributed by atoms with van der Waals surface area (Å²) in [7, 11) is 0. The number of carbonyl (C=O) groups is 2. The third-order valence-electron chi connectivity index (χ3n) is 4.35. The number of rotatable bonds is 4. The number of nitrogens with one attached hydrogen (secondary N) is 2. The molecule has 3 aromatic carbocycles. The third kappa shape index (κ3) is 4.15. The molecule has 28 heavy (non-hydrogen) atoms. The number of hydrogen-bond acceptors (Lipinski definition) is 3.